The van der Waals surface area contributed by atoms with E-state index in [1.807, 2.05) is 78.2 Å². The van der Waals surface area contributed by atoms with Crippen molar-refractivity contribution in [1.29, 1.82) is 0 Å². The van der Waals surface area contributed by atoms with Gasteiger partial charge in [-0.3, -0.25) is 14.5 Å². The van der Waals surface area contributed by atoms with Crippen molar-refractivity contribution >= 4 is 81.8 Å². The lowest BCUT2D eigenvalue weighted by molar-refractivity contribution is -0.154. The molecular formula is C40H29Cl3N2O8S2. The van der Waals surface area contributed by atoms with Gasteiger partial charge in [-0.1, -0.05) is 102 Å². The van der Waals surface area contributed by atoms with E-state index in [9.17, 15) is 19.2 Å². The van der Waals surface area contributed by atoms with Gasteiger partial charge in [0.05, 0.1) is 11.4 Å². The smallest absolute Gasteiger partial charge is 0.452 e. The van der Waals surface area contributed by atoms with Crippen LogP contribution in [0, 0.1) is 0 Å². The van der Waals surface area contributed by atoms with E-state index in [1.165, 1.54) is 52.3 Å². The largest absolute Gasteiger partial charge is 0.514 e. The molecule has 2 aliphatic rings. The Morgan fingerprint density at radius 1 is 0.818 bits per heavy atom. The molecule has 1 unspecified atom stereocenters. The minimum atomic E-state index is -1.14. The standard InChI is InChI=1S/C40H29Cl3N2O8S2/c41-26-13-15-30(29(43)18-26)51-31-16-14-27(42)19-32(31)52-40(49)50-21-25-22-55-38-34(44-33(46)20-28-12-7-17-54-28)37(47)45(38)35(25)39(48)53-36(23-8-3-1-4-9-23)24-10-5-2-6-11-24/h1-19,34,36,38H,20-22H2,(H,44,46)/t34?,38-/m0/s1. The molecule has 1 N–H and O–H groups in total. The molecule has 0 spiro atoms. The summed E-state index contributed by atoms with van der Waals surface area (Å²) in [5.74, 6) is -1.16. The Bertz CT molecular complexity index is 2220. The minimum Gasteiger partial charge on any atom is -0.452 e. The number of fused-ring (bicyclic) bond motifs is 1. The second-order valence-corrected chi connectivity index (χ2v) is 15.6. The van der Waals surface area contributed by atoms with Crippen molar-refractivity contribution in [3.8, 4) is 17.2 Å². The number of halogens is 3. The molecule has 1 fully saturated rings. The molecule has 1 aromatic heterocycles. The number of β-lactam (4-membered cyclic amide) rings is 1. The van der Waals surface area contributed by atoms with Crippen molar-refractivity contribution in [2.45, 2.75) is 23.9 Å². The molecular weight excluding hydrogens is 807 g/mol. The maximum atomic E-state index is 14.3. The highest BCUT2D eigenvalue weighted by Gasteiger charge is 2.54. The van der Waals surface area contributed by atoms with Crippen LogP contribution in [0.5, 0.6) is 17.2 Å². The molecule has 2 atom stereocenters. The number of rotatable bonds is 12. The van der Waals surface area contributed by atoms with Crippen molar-refractivity contribution < 1.29 is 38.1 Å². The van der Waals surface area contributed by atoms with Crippen molar-refractivity contribution in [2.75, 3.05) is 12.4 Å². The number of benzene rings is 4. The van der Waals surface area contributed by atoms with Crippen molar-refractivity contribution in [2.24, 2.45) is 0 Å². The van der Waals surface area contributed by atoms with Crippen molar-refractivity contribution in [1.82, 2.24) is 10.2 Å². The van der Waals surface area contributed by atoms with E-state index in [0.29, 0.717) is 21.7 Å². The Balaban J connectivity index is 1.13. The highest BCUT2D eigenvalue weighted by Crippen LogP contribution is 2.42. The second kappa shape index (κ2) is 17.2. The first-order valence-electron chi connectivity index (χ1n) is 16.7. The average molecular weight is 836 g/mol. The monoisotopic (exact) mass is 834 g/mol. The lowest BCUT2D eigenvalue weighted by Gasteiger charge is -2.49. The van der Waals surface area contributed by atoms with Crippen LogP contribution < -0.4 is 14.8 Å². The number of thioether (sulfide) groups is 1. The number of thiophene rings is 1. The topological polar surface area (TPSA) is 120 Å². The Labute approximate surface area is 338 Å². The zero-order valence-electron chi connectivity index (χ0n) is 28.5. The maximum Gasteiger partial charge on any atom is 0.514 e. The van der Waals surface area contributed by atoms with E-state index >= 15 is 0 Å². The van der Waals surface area contributed by atoms with Crippen LogP contribution in [0.1, 0.15) is 22.1 Å². The maximum absolute atomic E-state index is 14.3. The zero-order chi connectivity index (χ0) is 38.5. The summed E-state index contributed by atoms with van der Waals surface area (Å²) >= 11 is 21.3. The van der Waals surface area contributed by atoms with Crippen LogP contribution in [0.25, 0.3) is 0 Å². The molecule has 15 heteroatoms. The summed E-state index contributed by atoms with van der Waals surface area (Å²) in [4.78, 5) is 56.2. The fourth-order valence-corrected chi connectivity index (χ4v) is 8.55. The van der Waals surface area contributed by atoms with Crippen LogP contribution >= 0.6 is 57.9 Å². The summed E-state index contributed by atoms with van der Waals surface area (Å²) in [6.07, 6.45) is -1.84. The molecule has 1 saturated heterocycles. The molecule has 0 bridgehead atoms. The first-order chi connectivity index (χ1) is 26.6. The van der Waals surface area contributed by atoms with Gasteiger partial charge < -0.3 is 24.3 Å². The Kier molecular flexibility index (Phi) is 12.0. The van der Waals surface area contributed by atoms with Gasteiger partial charge in [-0.15, -0.1) is 23.1 Å². The van der Waals surface area contributed by atoms with Crippen LogP contribution in [0.2, 0.25) is 15.1 Å². The quantitative estimate of drug-likeness (QED) is 0.0745. The third-order valence-corrected chi connectivity index (χ3v) is 11.5. The first kappa shape index (κ1) is 38.3. The van der Waals surface area contributed by atoms with Gasteiger partial charge in [-0.2, -0.15) is 0 Å². The van der Waals surface area contributed by atoms with E-state index in [1.54, 1.807) is 12.1 Å². The zero-order valence-corrected chi connectivity index (χ0v) is 32.4. The molecule has 0 aliphatic carbocycles. The van der Waals surface area contributed by atoms with Gasteiger partial charge in [-0.25, -0.2) is 9.59 Å². The van der Waals surface area contributed by atoms with Gasteiger partial charge in [0.2, 0.25) is 5.91 Å². The molecule has 5 aromatic rings. The normalized spacial score (nSPS) is 16.2. The van der Waals surface area contributed by atoms with Crippen LogP contribution in [-0.2, 0) is 30.3 Å². The molecule has 55 heavy (non-hydrogen) atoms. The van der Waals surface area contributed by atoms with E-state index < -0.39 is 42.2 Å². The third-order valence-electron chi connectivity index (χ3n) is 8.48. The van der Waals surface area contributed by atoms with Gasteiger partial charge in [0.25, 0.3) is 5.91 Å². The number of nitrogens with one attached hydrogen (secondary N) is 1. The summed E-state index contributed by atoms with van der Waals surface area (Å²) < 4.78 is 23.1. The minimum absolute atomic E-state index is 0.0668. The highest BCUT2D eigenvalue weighted by atomic mass is 35.5. The number of amides is 2. The van der Waals surface area contributed by atoms with Crippen LogP contribution in [0.3, 0.4) is 0 Å². The van der Waals surface area contributed by atoms with E-state index in [-0.39, 0.29) is 51.1 Å². The summed E-state index contributed by atoms with van der Waals surface area (Å²) in [5.41, 5.74) is 1.64. The van der Waals surface area contributed by atoms with Gasteiger partial charge in [-0.05, 0) is 52.9 Å². The molecule has 0 radical (unpaired) electrons. The lowest BCUT2D eigenvalue weighted by atomic mass is 10.0. The Hall–Kier alpha value is -4.98. The number of hydrogen-bond donors (Lipinski definition) is 1. The third kappa shape index (κ3) is 8.95. The molecule has 7 rings (SSSR count). The predicted molar refractivity (Wildman–Crippen MR) is 211 cm³/mol. The molecule has 0 saturated carbocycles. The fraction of sp³-hybridized carbons (Fsp3) is 0.150. The summed E-state index contributed by atoms with van der Waals surface area (Å²) in [6.45, 7) is -0.427. The van der Waals surface area contributed by atoms with Crippen LogP contribution in [0.4, 0.5) is 4.79 Å². The van der Waals surface area contributed by atoms with Gasteiger partial charge in [0.1, 0.15) is 29.5 Å². The number of hydrogen-bond acceptors (Lipinski definition) is 10. The number of carbonyl (C=O) groups excluding carboxylic acids is 4. The molecule has 2 amide bonds. The molecule has 10 nitrogen and oxygen atoms in total. The average Bonchev–Trinajstić information content (AvgIpc) is 3.70. The molecule has 280 valence electrons. The number of ether oxygens (including phenoxy) is 4. The Morgan fingerprint density at radius 2 is 1.49 bits per heavy atom. The summed E-state index contributed by atoms with van der Waals surface area (Å²) in [7, 11) is 0. The number of nitrogens with zero attached hydrogens (tertiary/aromatic N) is 1. The van der Waals surface area contributed by atoms with Crippen molar-refractivity contribution in [3.05, 3.63) is 157 Å². The Morgan fingerprint density at radius 3 is 2.15 bits per heavy atom. The van der Waals surface area contributed by atoms with Crippen LogP contribution in [0.15, 0.2) is 126 Å². The fourth-order valence-electron chi connectivity index (χ4n) is 5.91. The van der Waals surface area contributed by atoms with E-state index in [2.05, 4.69) is 5.32 Å². The van der Waals surface area contributed by atoms with Crippen LogP contribution in [-0.4, -0.2) is 52.6 Å². The lowest BCUT2D eigenvalue weighted by Crippen LogP contribution is -2.70. The summed E-state index contributed by atoms with van der Waals surface area (Å²) in [5, 5.41) is 4.97. The summed E-state index contributed by atoms with van der Waals surface area (Å²) in [6, 6.07) is 30.2. The van der Waals surface area contributed by atoms with E-state index in [0.717, 1.165) is 4.88 Å². The molecule has 4 aromatic carbocycles. The SMILES string of the molecule is O=C(Cc1cccs1)NC1C(=O)N2C(C(=O)OC(c3ccccc3)c3ccccc3)=C(COC(=O)Oc3cc(Cl)ccc3Oc3ccc(Cl)cc3Cl)CS[C@@H]12. The molecule has 3 heterocycles. The molecule has 2 aliphatic heterocycles. The predicted octanol–water partition coefficient (Wildman–Crippen LogP) is 9.25. The van der Waals surface area contributed by atoms with Gasteiger partial charge >= 0.3 is 12.1 Å². The van der Waals surface area contributed by atoms with E-state index in [4.69, 9.17) is 53.8 Å². The van der Waals surface area contributed by atoms with Gasteiger partial charge in [0.15, 0.2) is 17.6 Å². The first-order valence-corrected chi connectivity index (χ1v) is 19.8. The number of esters is 1. The van der Waals surface area contributed by atoms with Gasteiger partial charge in [0, 0.05) is 32.3 Å². The highest BCUT2D eigenvalue weighted by molar-refractivity contribution is 8.00. The second-order valence-electron chi connectivity index (χ2n) is 12.2. The number of carbonyl (C=O) groups is 4. The van der Waals surface area contributed by atoms with Crippen molar-refractivity contribution in [3.63, 3.8) is 0 Å².